The second-order valence-electron chi connectivity index (χ2n) is 14.4. The number of benzene rings is 3. The van der Waals surface area contributed by atoms with Crippen LogP contribution in [0.4, 0.5) is 25.4 Å². The number of alkyl carbamates (subject to hydrolysis) is 1. The van der Waals surface area contributed by atoms with Crippen molar-refractivity contribution in [1.29, 1.82) is 0 Å². The third-order valence-corrected chi connectivity index (χ3v) is 9.32. The van der Waals surface area contributed by atoms with Crippen LogP contribution in [0.15, 0.2) is 84.0 Å². The zero-order valence-corrected chi connectivity index (χ0v) is 32.6. The fourth-order valence-electron chi connectivity index (χ4n) is 6.60. The minimum absolute atomic E-state index is 0.151. The smallest absolute Gasteiger partial charge is 0.408 e. The Morgan fingerprint density at radius 3 is 2.35 bits per heavy atom. The van der Waals surface area contributed by atoms with E-state index < -0.39 is 35.6 Å². The Balaban J connectivity index is 1.34. The number of aromatic nitrogens is 4. The van der Waals surface area contributed by atoms with Crippen molar-refractivity contribution in [2.75, 3.05) is 55.6 Å². The first kappa shape index (κ1) is 40.0. The van der Waals surface area contributed by atoms with Crippen LogP contribution in [0.25, 0.3) is 10.9 Å². The third kappa shape index (κ3) is 9.25. The van der Waals surface area contributed by atoms with Crippen LogP contribution in [0.1, 0.15) is 45.3 Å². The molecule has 0 spiro atoms. The van der Waals surface area contributed by atoms with E-state index in [1.54, 1.807) is 86.3 Å². The van der Waals surface area contributed by atoms with Gasteiger partial charge in [0.1, 0.15) is 29.0 Å². The van der Waals surface area contributed by atoms with Crippen molar-refractivity contribution in [2.45, 2.75) is 51.8 Å². The number of imidazole rings is 1. The van der Waals surface area contributed by atoms with Crippen molar-refractivity contribution >= 4 is 40.3 Å². The molecule has 0 bridgehead atoms. The fourth-order valence-corrected chi connectivity index (χ4v) is 6.60. The predicted molar refractivity (Wildman–Crippen MR) is 212 cm³/mol. The van der Waals surface area contributed by atoms with E-state index in [0.29, 0.717) is 39.5 Å². The number of urea groups is 1. The molecule has 300 valence electrons. The molecular formula is C40H46FN9O7. The summed E-state index contributed by atoms with van der Waals surface area (Å²) in [4.78, 5) is 70.7. The van der Waals surface area contributed by atoms with Gasteiger partial charge in [-0.1, -0.05) is 12.1 Å². The fraction of sp³-hybridized carbons (Fsp3) is 0.350. The lowest BCUT2D eigenvalue weighted by Crippen LogP contribution is -2.60. The number of para-hydroxylation sites is 1. The van der Waals surface area contributed by atoms with Crippen molar-refractivity contribution in [3.63, 3.8) is 0 Å². The first-order chi connectivity index (χ1) is 27.3. The number of piperazine rings is 1. The van der Waals surface area contributed by atoms with Gasteiger partial charge in [-0.3, -0.25) is 14.5 Å². The number of fused-ring (bicyclic) bond motifs is 1. The Hall–Kier alpha value is -6.65. The Labute approximate surface area is 328 Å². The first-order valence-electron chi connectivity index (χ1n) is 18.4. The molecule has 2 unspecified atom stereocenters. The second-order valence-corrected chi connectivity index (χ2v) is 14.4. The number of rotatable bonds is 11. The Morgan fingerprint density at radius 2 is 1.70 bits per heavy atom. The van der Waals surface area contributed by atoms with Gasteiger partial charge in [-0.05, 0) is 76.2 Å². The van der Waals surface area contributed by atoms with E-state index in [9.17, 15) is 23.6 Å². The molecule has 2 aromatic heterocycles. The number of nitrogens with zero attached hydrogens (tertiary/aromatic N) is 6. The number of hydrogen-bond donors (Lipinski definition) is 3. The molecule has 1 aliphatic rings. The number of methoxy groups -OCH3 is 2. The number of amides is 4. The van der Waals surface area contributed by atoms with Crippen molar-refractivity contribution < 1.29 is 33.0 Å². The highest BCUT2D eigenvalue weighted by molar-refractivity contribution is 6.03. The average Bonchev–Trinajstić information content (AvgIpc) is 3.71. The van der Waals surface area contributed by atoms with Crippen molar-refractivity contribution in [3.05, 3.63) is 107 Å². The molecule has 5 aromatic rings. The van der Waals surface area contributed by atoms with Gasteiger partial charge in [-0.25, -0.2) is 28.6 Å². The zero-order valence-electron chi connectivity index (χ0n) is 32.6. The van der Waals surface area contributed by atoms with E-state index in [2.05, 4.69) is 20.6 Å². The van der Waals surface area contributed by atoms with Gasteiger partial charge in [0, 0.05) is 43.2 Å². The summed E-state index contributed by atoms with van der Waals surface area (Å²) in [6.45, 7) is 7.77. The highest BCUT2D eigenvalue weighted by atomic mass is 19.1. The van der Waals surface area contributed by atoms with Crippen molar-refractivity contribution in [1.82, 2.24) is 29.8 Å². The van der Waals surface area contributed by atoms with Crippen LogP contribution < -0.4 is 35.6 Å². The summed E-state index contributed by atoms with van der Waals surface area (Å²) >= 11 is 0. The van der Waals surface area contributed by atoms with Crippen LogP contribution >= 0.6 is 0 Å². The molecule has 1 fully saturated rings. The molecule has 3 aromatic carbocycles. The maximum atomic E-state index is 14.5. The highest BCUT2D eigenvalue weighted by Crippen LogP contribution is 2.37. The van der Waals surface area contributed by atoms with E-state index in [1.807, 2.05) is 0 Å². The number of ether oxygens (including phenoxy) is 3. The molecule has 17 heteroatoms. The van der Waals surface area contributed by atoms with Crippen LogP contribution in [0.2, 0.25) is 0 Å². The topological polar surface area (TPSA) is 176 Å². The van der Waals surface area contributed by atoms with Gasteiger partial charge >= 0.3 is 12.1 Å². The van der Waals surface area contributed by atoms with Crippen LogP contribution in [0, 0.1) is 5.82 Å². The van der Waals surface area contributed by atoms with Gasteiger partial charge in [-0.2, -0.15) is 0 Å². The number of carbonyl (C=O) groups is 3. The van der Waals surface area contributed by atoms with E-state index in [-0.39, 0.29) is 49.9 Å². The van der Waals surface area contributed by atoms with Gasteiger partial charge in [0.2, 0.25) is 5.91 Å². The van der Waals surface area contributed by atoms with E-state index in [1.165, 1.54) is 54.4 Å². The Bertz CT molecular complexity index is 2270. The lowest BCUT2D eigenvalue weighted by Gasteiger charge is -2.40. The quantitative estimate of drug-likeness (QED) is 0.166. The largest absolute Gasteiger partial charge is 0.497 e. The number of anilines is 2. The maximum Gasteiger partial charge on any atom is 0.408 e. The van der Waals surface area contributed by atoms with Crippen LogP contribution in [-0.4, -0.2) is 94.6 Å². The second kappa shape index (κ2) is 17.0. The van der Waals surface area contributed by atoms with Gasteiger partial charge in [0.25, 0.3) is 5.56 Å². The minimum Gasteiger partial charge on any atom is -0.497 e. The molecule has 1 saturated heterocycles. The molecule has 0 saturated carbocycles. The maximum absolute atomic E-state index is 14.5. The van der Waals surface area contributed by atoms with Gasteiger partial charge in [0.15, 0.2) is 5.82 Å². The Kier molecular flexibility index (Phi) is 11.9. The SMILES string of the molecule is COc1ccc(N(C(=O)Nc2ccc(F)cc2)C(C)c2nc3ccccc3c(=O)n2N2CCN(C(=O)C(Cc3cnc[nH]3)NC(=O)OC(C)(C)C)CC2)c(OC)c1. The molecule has 3 N–H and O–H groups in total. The molecule has 6 rings (SSSR count). The lowest BCUT2D eigenvalue weighted by atomic mass is 10.1. The van der Waals surface area contributed by atoms with Crippen LogP contribution in [0.5, 0.6) is 11.5 Å². The molecule has 3 heterocycles. The molecular weight excluding hydrogens is 737 g/mol. The number of H-pyrrole nitrogens is 1. The first-order valence-corrected chi connectivity index (χ1v) is 18.4. The van der Waals surface area contributed by atoms with Gasteiger partial charge in [0.05, 0.1) is 56.3 Å². The standard InChI is InChI=1S/C40H46FN9O7/c1-25(49(33-16-15-29(55-5)22-34(33)56-6)38(53)44-27-13-11-26(41)12-14-27)35-45-31-10-8-7-9-30(31)36(51)50(35)48-19-17-47(18-20-48)37(52)32(21-28-23-42-24-43-28)46-39(54)57-40(2,3)4/h7-16,22-25,32H,17-21H2,1-6H3,(H,42,43)(H,44,53)(H,46,54). The average molecular weight is 784 g/mol. The molecule has 0 radical (unpaired) electrons. The Morgan fingerprint density at radius 1 is 0.982 bits per heavy atom. The van der Waals surface area contributed by atoms with E-state index in [0.717, 1.165) is 0 Å². The monoisotopic (exact) mass is 783 g/mol. The van der Waals surface area contributed by atoms with Crippen LogP contribution in [-0.2, 0) is 16.0 Å². The summed E-state index contributed by atoms with van der Waals surface area (Å²) < 4.78 is 31.8. The molecule has 1 aliphatic heterocycles. The number of aromatic amines is 1. The summed E-state index contributed by atoms with van der Waals surface area (Å²) in [6.07, 6.45) is 2.50. The summed E-state index contributed by atoms with van der Waals surface area (Å²) in [6, 6.07) is 14.8. The number of nitrogens with one attached hydrogen (secondary N) is 3. The molecule has 4 amide bonds. The highest BCUT2D eigenvalue weighted by Gasteiger charge is 2.35. The molecule has 16 nitrogen and oxygen atoms in total. The lowest BCUT2D eigenvalue weighted by molar-refractivity contribution is -0.134. The van der Waals surface area contributed by atoms with E-state index >= 15 is 0 Å². The molecule has 0 aliphatic carbocycles. The summed E-state index contributed by atoms with van der Waals surface area (Å²) in [5.74, 6) is 0.233. The van der Waals surface area contributed by atoms with Crippen LogP contribution in [0.3, 0.4) is 0 Å². The molecule has 2 atom stereocenters. The van der Waals surface area contributed by atoms with E-state index in [4.69, 9.17) is 19.2 Å². The number of hydrogen-bond acceptors (Lipinski definition) is 10. The predicted octanol–water partition coefficient (Wildman–Crippen LogP) is 4.99. The number of carbonyl (C=O) groups excluding carboxylic acids is 3. The summed E-state index contributed by atoms with van der Waals surface area (Å²) in [5.41, 5.74) is 0.606. The zero-order chi connectivity index (χ0) is 40.9. The van der Waals surface area contributed by atoms with Gasteiger partial charge < -0.3 is 39.7 Å². The normalized spacial score (nSPS) is 14.1. The minimum atomic E-state index is -0.958. The van der Waals surface area contributed by atoms with Crippen molar-refractivity contribution in [3.8, 4) is 11.5 Å². The summed E-state index contributed by atoms with van der Waals surface area (Å²) in [5, 5.41) is 7.71. The summed E-state index contributed by atoms with van der Waals surface area (Å²) in [7, 11) is 2.98. The molecule has 57 heavy (non-hydrogen) atoms. The van der Waals surface area contributed by atoms with Gasteiger partial charge in [-0.15, -0.1) is 0 Å². The number of halogens is 1. The third-order valence-electron chi connectivity index (χ3n) is 9.32. The van der Waals surface area contributed by atoms with Crippen molar-refractivity contribution in [2.24, 2.45) is 0 Å².